The van der Waals surface area contributed by atoms with Crippen molar-refractivity contribution in [2.24, 2.45) is 11.8 Å². The Morgan fingerprint density at radius 2 is 2.05 bits per heavy atom. The topological polar surface area (TPSA) is 40.5 Å². The van der Waals surface area contributed by atoms with Crippen LogP contribution in [0.3, 0.4) is 0 Å². The molecule has 0 radical (unpaired) electrons. The number of likely N-dealkylation sites (tertiary alicyclic amines) is 1. The average molecular weight is 291 g/mol. The Kier molecular flexibility index (Phi) is 4.15. The highest BCUT2D eigenvalue weighted by Gasteiger charge is 2.41. The Balaban J connectivity index is 1.59. The summed E-state index contributed by atoms with van der Waals surface area (Å²) in [5.41, 5.74) is 0.792. The van der Waals surface area contributed by atoms with Crippen LogP contribution in [0.2, 0.25) is 0 Å². The molecular formula is C16H21NO2S. The number of Topliss-reactive ketones (excluding diaryl/α,β-unsaturated/α-hetero) is 1. The Bertz CT molecular complexity index is 488. The van der Waals surface area contributed by atoms with E-state index in [4.69, 9.17) is 0 Å². The maximum Gasteiger partial charge on any atom is 0.176 e. The molecule has 0 amide bonds. The summed E-state index contributed by atoms with van der Waals surface area (Å²) in [5.74, 6) is 1.17. The molecule has 1 saturated heterocycles. The molecule has 1 aliphatic carbocycles. The lowest BCUT2D eigenvalue weighted by molar-refractivity contribution is 0.0919. The first-order valence-corrected chi connectivity index (χ1v) is 8.47. The first-order valence-electron chi connectivity index (χ1n) is 7.25. The molecule has 3 rings (SSSR count). The van der Waals surface area contributed by atoms with Gasteiger partial charge in [0, 0.05) is 29.5 Å². The summed E-state index contributed by atoms with van der Waals surface area (Å²) in [7, 11) is 0. The third kappa shape index (κ3) is 2.78. The van der Waals surface area contributed by atoms with Crippen LogP contribution in [0, 0.1) is 11.8 Å². The van der Waals surface area contributed by atoms with Crippen LogP contribution in [0.15, 0.2) is 29.2 Å². The summed E-state index contributed by atoms with van der Waals surface area (Å²) in [6.07, 6.45) is 3.93. The predicted molar refractivity (Wildman–Crippen MR) is 81.2 cm³/mol. The zero-order valence-electron chi connectivity index (χ0n) is 11.8. The molecule has 2 aliphatic rings. The Labute approximate surface area is 124 Å². The number of hydrogen-bond acceptors (Lipinski definition) is 4. The highest BCUT2D eigenvalue weighted by molar-refractivity contribution is 7.98. The van der Waals surface area contributed by atoms with Gasteiger partial charge in [0.1, 0.15) is 0 Å². The van der Waals surface area contributed by atoms with Crippen molar-refractivity contribution in [3.63, 3.8) is 0 Å². The van der Waals surface area contributed by atoms with Crippen LogP contribution in [0.4, 0.5) is 0 Å². The van der Waals surface area contributed by atoms with Crippen molar-refractivity contribution in [1.29, 1.82) is 0 Å². The van der Waals surface area contributed by atoms with E-state index in [2.05, 4.69) is 4.90 Å². The van der Waals surface area contributed by atoms with Crippen molar-refractivity contribution >= 4 is 17.5 Å². The van der Waals surface area contributed by atoms with Crippen molar-refractivity contribution in [1.82, 2.24) is 4.90 Å². The number of ketones is 1. The maximum absolute atomic E-state index is 12.3. The second-order valence-electron chi connectivity index (χ2n) is 5.91. The van der Waals surface area contributed by atoms with Gasteiger partial charge in [-0.15, -0.1) is 11.8 Å². The van der Waals surface area contributed by atoms with Gasteiger partial charge in [-0.1, -0.05) is 12.1 Å². The highest BCUT2D eigenvalue weighted by atomic mass is 32.2. The van der Waals surface area contributed by atoms with Gasteiger partial charge in [0.2, 0.25) is 0 Å². The number of carbonyl (C=O) groups excluding carboxylic acids is 1. The van der Waals surface area contributed by atoms with E-state index in [0.29, 0.717) is 18.4 Å². The molecule has 4 heteroatoms. The second-order valence-corrected chi connectivity index (χ2v) is 6.79. The van der Waals surface area contributed by atoms with Gasteiger partial charge in [0.25, 0.3) is 0 Å². The van der Waals surface area contributed by atoms with Crippen LogP contribution in [-0.4, -0.2) is 47.8 Å². The molecule has 3 unspecified atom stereocenters. The minimum absolute atomic E-state index is 0.152. The Morgan fingerprint density at radius 1 is 1.30 bits per heavy atom. The van der Waals surface area contributed by atoms with E-state index >= 15 is 0 Å². The van der Waals surface area contributed by atoms with E-state index < -0.39 is 0 Å². The number of aliphatic hydroxyl groups excluding tert-OH is 1. The van der Waals surface area contributed by atoms with Gasteiger partial charge in [0.15, 0.2) is 5.78 Å². The van der Waals surface area contributed by atoms with E-state index in [-0.39, 0.29) is 11.9 Å². The first-order chi connectivity index (χ1) is 9.67. The van der Waals surface area contributed by atoms with Crippen LogP contribution >= 0.6 is 11.8 Å². The summed E-state index contributed by atoms with van der Waals surface area (Å²) in [4.78, 5) is 15.7. The third-order valence-electron chi connectivity index (χ3n) is 4.67. The van der Waals surface area contributed by atoms with Crippen molar-refractivity contribution in [2.45, 2.75) is 23.8 Å². The largest absolute Gasteiger partial charge is 0.393 e. The molecular weight excluding hydrogens is 270 g/mol. The van der Waals surface area contributed by atoms with Crippen molar-refractivity contribution in [3.05, 3.63) is 29.8 Å². The zero-order valence-corrected chi connectivity index (χ0v) is 12.6. The maximum atomic E-state index is 12.3. The molecule has 108 valence electrons. The average Bonchev–Trinajstić information content (AvgIpc) is 3.01. The van der Waals surface area contributed by atoms with Gasteiger partial charge >= 0.3 is 0 Å². The molecule has 1 heterocycles. The fourth-order valence-electron chi connectivity index (χ4n) is 3.53. The van der Waals surface area contributed by atoms with E-state index in [0.717, 1.165) is 31.5 Å². The normalized spacial score (nSPS) is 29.6. The van der Waals surface area contributed by atoms with E-state index in [1.54, 1.807) is 11.8 Å². The SMILES string of the molecule is CSc1ccc(C(=O)CN2CC3CCC(O)C3C2)cc1. The van der Waals surface area contributed by atoms with Gasteiger partial charge in [-0.2, -0.15) is 0 Å². The number of benzene rings is 1. The number of carbonyl (C=O) groups is 1. The number of aliphatic hydroxyl groups is 1. The standard InChI is InChI=1S/C16H21NO2S/c1-20-13-5-2-11(3-6-13)16(19)10-17-8-12-4-7-15(18)14(12)9-17/h2-3,5-6,12,14-15,18H,4,7-10H2,1H3. The van der Waals surface area contributed by atoms with Crippen LogP contribution in [0.25, 0.3) is 0 Å². The van der Waals surface area contributed by atoms with Gasteiger partial charge in [0.05, 0.1) is 12.6 Å². The molecule has 2 fully saturated rings. The number of thioether (sulfide) groups is 1. The molecule has 1 aromatic rings. The quantitative estimate of drug-likeness (QED) is 0.682. The summed E-state index contributed by atoms with van der Waals surface area (Å²) < 4.78 is 0. The first kappa shape index (κ1) is 14.1. The van der Waals surface area contributed by atoms with Crippen LogP contribution in [-0.2, 0) is 0 Å². The molecule has 3 atom stereocenters. The van der Waals surface area contributed by atoms with Crippen LogP contribution in [0.5, 0.6) is 0 Å². The van der Waals surface area contributed by atoms with E-state index in [1.807, 2.05) is 30.5 Å². The molecule has 1 N–H and O–H groups in total. The summed E-state index contributed by atoms with van der Waals surface area (Å²) in [5, 5.41) is 9.91. The fraction of sp³-hybridized carbons (Fsp3) is 0.562. The molecule has 0 aromatic heterocycles. The smallest absolute Gasteiger partial charge is 0.176 e. The monoisotopic (exact) mass is 291 g/mol. The molecule has 0 spiro atoms. The molecule has 1 saturated carbocycles. The van der Waals surface area contributed by atoms with Crippen LogP contribution < -0.4 is 0 Å². The van der Waals surface area contributed by atoms with Gasteiger partial charge < -0.3 is 5.11 Å². The van der Waals surface area contributed by atoms with Gasteiger partial charge in [-0.05, 0) is 37.1 Å². The third-order valence-corrected chi connectivity index (χ3v) is 5.42. The summed E-state index contributed by atoms with van der Waals surface area (Å²) in [6.45, 7) is 2.33. The highest BCUT2D eigenvalue weighted by Crippen LogP contribution is 2.37. The molecule has 0 bridgehead atoms. The number of rotatable bonds is 4. The Morgan fingerprint density at radius 3 is 2.70 bits per heavy atom. The number of nitrogens with zero attached hydrogens (tertiary/aromatic N) is 1. The predicted octanol–water partition coefficient (Wildman–Crippen LogP) is 2.29. The van der Waals surface area contributed by atoms with Gasteiger partial charge in [-0.3, -0.25) is 9.69 Å². The number of hydrogen-bond donors (Lipinski definition) is 1. The molecule has 3 nitrogen and oxygen atoms in total. The lowest BCUT2D eigenvalue weighted by atomic mass is 10.00. The van der Waals surface area contributed by atoms with Gasteiger partial charge in [-0.25, -0.2) is 0 Å². The Hall–Kier alpha value is -0.840. The second kappa shape index (κ2) is 5.88. The molecule has 1 aliphatic heterocycles. The van der Waals surface area contributed by atoms with Crippen molar-refractivity contribution < 1.29 is 9.90 Å². The minimum Gasteiger partial charge on any atom is -0.393 e. The minimum atomic E-state index is -0.152. The number of fused-ring (bicyclic) bond motifs is 1. The van der Waals surface area contributed by atoms with Crippen molar-refractivity contribution in [3.8, 4) is 0 Å². The molecule has 1 aromatic carbocycles. The summed E-state index contributed by atoms with van der Waals surface area (Å²) >= 11 is 1.68. The lowest BCUT2D eigenvalue weighted by Gasteiger charge is -2.17. The zero-order chi connectivity index (χ0) is 14.1. The van der Waals surface area contributed by atoms with Crippen molar-refractivity contribution in [2.75, 3.05) is 25.9 Å². The van der Waals surface area contributed by atoms with Crippen LogP contribution in [0.1, 0.15) is 23.2 Å². The molecule has 20 heavy (non-hydrogen) atoms. The fourth-order valence-corrected chi connectivity index (χ4v) is 3.94. The van der Waals surface area contributed by atoms with E-state index in [9.17, 15) is 9.90 Å². The summed E-state index contributed by atoms with van der Waals surface area (Å²) in [6, 6.07) is 7.83. The lowest BCUT2D eigenvalue weighted by Crippen LogP contribution is -2.30. The van der Waals surface area contributed by atoms with E-state index in [1.165, 1.54) is 4.90 Å².